The predicted molar refractivity (Wildman–Crippen MR) is 63.6 cm³/mol. The molecule has 0 amide bonds. The van der Waals surface area contributed by atoms with E-state index < -0.39 is 0 Å². The van der Waals surface area contributed by atoms with Crippen molar-refractivity contribution in [3.8, 4) is 0 Å². The Bertz CT molecular complexity index is 318. The molecule has 1 saturated heterocycles. The molecular weight excluding hydrogens is 202 g/mol. The Balaban J connectivity index is 2.00. The second kappa shape index (κ2) is 5.25. The van der Waals surface area contributed by atoms with Crippen molar-refractivity contribution in [3.63, 3.8) is 0 Å². The van der Waals surface area contributed by atoms with Crippen molar-refractivity contribution >= 4 is 5.82 Å². The number of aromatic nitrogens is 2. The molecule has 2 rings (SSSR count). The summed E-state index contributed by atoms with van der Waals surface area (Å²) in [7, 11) is 0. The molecule has 0 aromatic carbocycles. The van der Waals surface area contributed by atoms with Gasteiger partial charge in [0.05, 0.1) is 5.69 Å². The molecule has 0 unspecified atom stereocenters. The largest absolute Gasteiger partial charge is 0.381 e. The van der Waals surface area contributed by atoms with Crippen molar-refractivity contribution in [1.29, 1.82) is 0 Å². The molecule has 0 saturated carbocycles. The Labute approximate surface area is 96.4 Å². The second-order valence-corrected chi connectivity index (χ2v) is 4.53. The monoisotopic (exact) mass is 221 g/mol. The summed E-state index contributed by atoms with van der Waals surface area (Å²) in [5, 5.41) is 11.7. The topological polar surface area (TPSA) is 47.0 Å². The van der Waals surface area contributed by atoms with E-state index in [0.29, 0.717) is 12.0 Å². The molecule has 1 aromatic heterocycles. The molecule has 0 radical (unpaired) electrons. The Morgan fingerprint density at radius 3 is 2.56 bits per heavy atom. The minimum atomic E-state index is 0.392. The van der Waals surface area contributed by atoms with Crippen LogP contribution >= 0.6 is 0 Å². The van der Waals surface area contributed by atoms with Crippen LogP contribution in [0.25, 0.3) is 0 Å². The summed E-state index contributed by atoms with van der Waals surface area (Å²) in [4.78, 5) is 0. The van der Waals surface area contributed by atoms with E-state index in [1.54, 1.807) is 0 Å². The van der Waals surface area contributed by atoms with Gasteiger partial charge < -0.3 is 10.1 Å². The van der Waals surface area contributed by atoms with Gasteiger partial charge in [-0.3, -0.25) is 0 Å². The Morgan fingerprint density at radius 1 is 1.25 bits per heavy atom. The van der Waals surface area contributed by atoms with Gasteiger partial charge in [0.1, 0.15) is 5.82 Å². The molecule has 0 bridgehead atoms. The lowest BCUT2D eigenvalue weighted by molar-refractivity contribution is 0.0843. The smallest absolute Gasteiger partial charge is 0.148 e. The molecule has 88 valence electrons. The van der Waals surface area contributed by atoms with Gasteiger partial charge in [-0.05, 0) is 38.8 Å². The number of hydrogen-bond donors (Lipinski definition) is 1. The van der Waals surface area contributed by atoms with Crippen LogP contribution in [0.5, 0.6) is 0 Å². The fourth-order valence-electron chi connectivity index (χ4n) is 1.93. The van der Waals surface area contributed by atoms with Gasteiger partial charge in [0, 0.05) is 25.2 Å². The third-order valence-corrected chi connectivity index (χ3v) is 2.76. The van der Waals surface area contributed by atoms with Crippen LogP contribution in [-0.4, -0.2) is 29.5 Å². The maximum absolute atomic E-state index is 5.34. The zero-order chi connectivity index (χ0) is 11.4. The number of nitrogens with zero attached hydrogens (tertiary/aromatic N) is 2. The molecule has 1 aromatic rings. The summed E-state index contributed by atoms with van der Waals surface area (Å²) in [6, 6.07) is 4.48. The van der Waals surface area contributed by atoms with Gasteiger partial charge in [0.25, 0.3) is 0 Å². The van der Waals surface area contributed by atoms with Crippen LogP contribution in [0.4, 0.5) is 5.82 Å². The first kappa shape index (κ1) is 11.3. The Hall–Kier alpha value is -1.16. The molecule has 0 aliphatic carbocycles. The third-order valence-electron chi connectivity index (χ3n) is 2.76. The van der Waals surface area contributed by atoms with Gasteiger partial charge in [-0.1, -0.05) is 0 Å². The van der Waals surface area contributed by atoms with Crippen molar-refractivity contribution in [2.75, 3.05) is 18.5 Å². The molecule has 0 atom stereocenters. The van der Waals surface area contributed by atoms with E-state index in [1.807, 2.05) is 6.07 Å². The van der Waals surface area contributed by atoms with Crippen LogP contribution < -0.4 is 5.32 Å². The van der Waals surface area contributed by atoms with Gasteiger partial charge in [-0.25, -0.2) is 0 Å². The van der Waals surface area contributed by atoms with Crippen molar-refractivity contribution in [2.24, 2.45) is 0 Å². The highest BCUT2D eigenvalue weighted by molar-refractivity contribution is 5.34. The molecule has 0 spiro atoms. The average Bonchev–Trinajstić information content (AvgIpc) is 2.30. The second-order valence-electron chi connectivity index (χ2n) is 4.53. The summed E-state index contributed by atoms with van der Waals surface area (Å²) in [5.41, 5.74) is 1.10. The molecule has 1 fully saturated rings. The highest BCUT2D eigenvalue weighted by Gasteiger charge is 2.17. The number of ether oxygens (including phenoxy) is 1. The maximum atomic E-state index is 5.34. The molecular formula is C12H19N3O. The predicted octanol–water partition coefficient (Wildman–Crippen LogP) is 2.19. The van der Waals surface area contributed by atoms with E-state index >= 15 is 0 Å². The van der Waals surface area contributed by atoms with Crippen LogP contribution in [0, 0.1) is 0 Å². The van der Waals surface area contributed by atoms with E-state index in [1.165, 1.54) is 0 Å². The first-order chi connectivity index (χ1) is 7.75. The lowest BCUT2D eigenvalue weighted by Gasteiger charge is -2.21. The Kier molecular flexibility index (Phi) is 3.72. The van der Waals surface area contributed by atoms with Gasteiger partial charge in [0.15, 0.2) is 0 Å². The van der Waals surface area contributed by atoms with Crippen molar-refractivity contribution < 1.29 is 4.74 Å². The summed E-state index contributed by atoms with van der Waals surface area (Å²) < 4.78 is 5.34. The van der Waals surface area contributed by atoms with E-state index in [9.17, 15) is 0 Å². The van der Waals surface area contributed by atoms with E-state index in [0.717, 1.165) is 37.6 Å². The highest BCUT2D eigenvalue weighted by Crippen LogP contribution is 2.25. The Morgan fingerprint density at radius 2 is 2.00 bits per heavy atom. The quantitative estimate of drug-likeness (QED) is 0.850. The van der Waals surface area contributed by atoms with Crippen LogP contribution in [-0.2, 0) is 4.74 Å². The van der Waals surface area contributed by atoms with Crippen LogP contribution in [0.15, 0.2) is 12.1 Å². The van der Waals surface area contributed by atoms with Crippen molar-refractivity contribution in [1.82, 2.24) is 10.2 Å². The number of nitrogens with one attached hydrogen (secondary N) is 1. The number of rotatable bonds is 3. The number of hydrogen-bond acceptors (Lipinski definition) is 4. The lowest BCUT2D eigenvalue weighted by Crippen LogP contribution is -2.16. The minimum absolute atomic E-state index is 0.392. The zero-order valence-corrected chi connectivity index (χ0v) is 9.94. The molecule has 1 N–H and O–H groups in total. The molecule has 4 heteroatoms. The molecule has 2 heterocycles. The lowest BCUT2D eigenvalue weighted by atomic mass is 9.96. The van der Waals surface area contributed by atoms with Crippen molar-refractivity contribution in [2.45, 2.75) is 38.6 Å². The van der Waals surface area contributed by atoms with E-state index in [-0.39, 0.29) is 0 Å². The highest BCUT2D eigenvalue weighted by atomic mass is 16.5. The summed E-state index contributed by atoms with van der Waals surface area (Å²) >= 11 is 0. The van der Waals surface area contributed by atoms with E-state index in [2.05, 4.69) is 35.4 Å². The van der Waals surface area contributed by atoms with Gasteiger partial charge in [-0.2, -0.15) is 5.10 Å². The summed E-state index contributed by atoms with van der Waals surface area (Å²) in [6.45, 7) is 5.87. The van der Waals surface area contributed by atoms with Crippen LogP contribution in [0.3, 0.4) is 0 Å². The minimum Gasteiger partial charge on any atom is -0.381 e. The standard InChI is InChI=1S/C12H19N3O/c1-9(2)13-12-4-3-11(14-15-12)10-5-7-16-8-6-10/h3-4,9-10H,5-8H2,1-2H3,(H,13,15). The van der Waals surface area contributed by atoms with Gasteiger partial charge in [-0.15, -0.1) is 5.10 Å². The fourth-order valence-corrected chi connectivity index (χ4v) is 1.93. The maximum Gasteiger partial charge on any atom is 0.148 e. The molecule has 4 nitrogen and oxygen atoms in total. The van der Waals surface area contributed by atoms with Crippen LogP contribution in [0.2, 0.25) is 0 Å². The summed E-state index contributed by atoms with van der Waals surface area (Å²) in [5.74, 6) is 1.38. The normalized spacial score (nSPS) is 17.7. The number of anilines is 1. The van der Waals surface area contributed by atoms with Crippen molar-refractivity contribution in [3.05, 3.63) is 17.8 Å². The molecule has 16 heavy (non-hydrogen) atoms. The van der Waals surface area contributed by atoms with Crippen LogP contribution in [0.1, 0.15) is 38.3 Å². The van der Waals surface area contributed by atoms with Gasteiger partial charge >= 0.3 is 0 Å². The average molecular weight is 221 g/mol. The van der Waals surface area contributed by atoms with Gasteiger partial charge in [0.2, 0.25) is 0 Å². The zero-order valence-electron chi connectivity index (χ0n) is 9.94. The SMILES string of the molecule is CC(C)Nc1ccc(C2CCOCC2)nn1. The first-order valence-electron chi connectivity index (χ1n) is 5.93. The fraction of sp³-hybridized carbons (Fsp3) is 0.667. The molecule has 1 aliphatic heterocycles. The summed E-state index contributed by atoms with van der Waals surface area (Å²) in [6.07, 6.45) is 2.12. The molecule has 1 aliphatic rings. The third kappa shape index (κ3) is 2.92. The first-order valence-corrected chi connectivity index (χ1v) is 5.93. The van der Waals surface area contributed by atoms with E-state index in [4.69, 9.17) is 4.74 Å².